The van der Waals surface area contributed by atoms with Gasteiger partial charge in [0.05, 0.1) is 14.2 Å². The maximum atomic E-state index is 6.33. The molecule has 0 saturated carbocycles. The van der Waals surface area contributed by atoms with Crippen molar-refractivity contribution in [1.29, 1.82) is 0 Å². The zero-order valence-electron chi connectivity index (χ0n) is 77.1. The third kappa shape index (κ3) is 58.9. The number of benzene rings is 3. The van der Waals surface area contributed by atoms with E-state index in [1.54, 1.807) is 14.2 Å². The highest BCUT2D eigenvalue weighted by Gasteiger charge is 2.35. The number of aryl methyl sites for hydroxylation is 1. The summed E-state index contributed by atoms with van der Waals surface area (Å²) in [5, 5.41) is 1.27. The minimum Gasteiger partial charge on any atom is -0.497 e. The van der Waals surface area contributed by atoms with Crippen LogP contribution in [0.5, 0.6) is 17.2 Å². The highest BCUT2D eigenvalue weighted by Crippen LogP contribution is 2.44. The molecule has 148 heavy (non-hydrogen) atoms. The summed E-state index contributed by atoms with van der Waals surface area (Å²) in [7, 11) is 3.45. The van der Waals surface area contributed by atoms with Gasteiger partial charge in [-0.15, -0.1) is 12.8 Å². The molecule has 0 aliphatic carbocycles. The zero-order chi connectivity index (χ0) is 104. The standard InChI is InChI=1S/C114H2.C29H30N2O3/c1-3-5-7-9-11-13-15-17-19-21-23-25-27-29-31-33-35-37-39-41-43-45-47-49-51-53-55-57-59-61-63-65-67-69-71-73-75-77-79-81-83-85-87-89-91-93-95-97-99-101-103-105-107-109-111-113-114-112-110-108-106-104-102-100-98-96-94-92-90-88-86-84-82-80-78-76-74-72-70-68-66-64-62-60-58-56-54-52-50-48-46-44-42-40-38-36-34-32-30-28-26-24-22-20-18-16-14-12-10-8-6-4-2;1-18-6-4-5-7-20(18)17-34-29-15-22-19(12-28(29)33-3)10-11-31-16-26-24(14-27(22)31)23-13-21(32-2)8-9-25(23)30-26/h1-2H;4-9,12-13,15,27,30H,10-11,14,16-17H2,1-3H3. The lowest BCUT2D eigenvalue weighted by Crippen LogP contribution is -2.39. The van der Waals surface area contributed by atoms with Gasteiger partial charge in [-0.1, -0.05) is 24.3 Å². The monoisotopic (exact) mass is 1820 g/mol. The molecule has 632 valence electrons. The van der Waals surface area contributed by atoms with Gasteiger partial charge in [-0.2, -0.15) is 0 Å². The van der Waals surface area contributed by atoms with Crippen molar-refractivity contribution in [2.45, 2.75) is 39.0 Å². The van der Waals surface area contributed by atoms with Crippen molar-refractivity contribution in [3.8, 4) is 693 Å². The quantitative estimate of drug-likeness (QED) is 0.244. The number of hydrogen-bond donors (Lipinski definition) is 1. The molecule has 1 unspecified atom stereocenters. The average Bonchev–Trinajstić information content (AvgIpc) is 1.56. The predicted molar refractivity (Wildman–Crippen MR) is 579 cm³/mol. The largest absolute Gasteiger partial charge is 0.497 e. The number of methoxy groups -OCH3 is 2. The summed E-state index contributed by atoms with van der Waals surface area (Å²) in [5.41, 5.74) is 9.06. The Morgan fingerprint density at radius 3 is 0.696 bits per heavy atom. The van der Waals surface area contributed by atoms with E-state index in [9.17, 15) is 0 Å². The first-order chi connectivity index (χ1) is 73.6. The number of H-pyrrole nitrogens is 1. The predicted octanol–water partition coefficient (Wildman–Crippen LogP) is 6.17. The molecule has 1 aromatic heterocycles. The van der Waals surface area contributed by atoms with Crippen LogP contribution < -0.4 is 14.2 Å². The molecule has 0 radical (unpaired) electrons. The van der Waals surface area contributed by atoms with Crippen LogP contribution in [0.25, 0.3) is 10.9 Å². The van der Waals surface area contributed by atoms with Gasteiger partial charge >= 0.3 is 0 Å². The maximum absolute atomic E-state index is 6.33. The number of nitrogens with one attached hydrogen (secondary N) is 1. The summed E-state index contributed by atoms with van der Waals surface area (Å²) in [6, 6.07) is 19.4. The van der Waals surface area contributed by atoms with E-state index in [4.69, 9.17) is 27.1 Å². The van der Waals surface area contributed by atoms with E-state index in [1.165, 1.54) is 44.4 Å². The maximum Gasteiger partial charge on any atom is 0.162 e. The number of nitrogens with zero attached hydrogens (tertiary/aromatic N) is 1. The molecule has 1 N–H and O–H groups in total. The Hall–Kier alpha value is -28.5. The Morgan fingerprint density at radius 1 is 0.264 bits per heavy atom. The van der Waals surface area contributed by atoms with Crippen molar-refractivity contribution in [3.05, 3.63) is 88.1 Å². The lowest BCUT2D eigenvalue weighted by atomic mass is 9.85. The van der Waals surface area contributed by atoms with Gasteiger partial charge in [0.2, 0.25) is 0 Å². The number of fused-ring (bicyclic) bond motifs is 6. The van der Waals surface area contributed by atoms with Crippen molar-refractivity contribution >= 4 is 10.9 Å². The second-order valence-electron chi connectivity index (χ2n) is 23.4. The fraction of sp³-hybridized carbons (Fsp3) is 0.0629. The molecule has 2 aliphatic rings. The lowest BCUT2D eigenvalue weighted by molar-refractivity contribution is 0.158. The SMILES string of the molecule is C#CC#CC#CC#CC#CC#CC#CC#CC#CC#CC#CC#CC#CC#CC#CC#CC#CC#CC#CC#CC#CC#CC#CC#CC#CC#CC#CC#CC#CC#CC#CC#CC#CC#CC#CC#CC#CC#CC#CC#CC#CC#CC#CC#CC#CC#CC#CC#CC#CC#CC#CC#CC#CC#CC#CC#CC#C.COc1ccc2[nH]c3c(c2c1)CC1c2cc(OCc4ccccc4C)c(OC)cc2CCN1C3. The number of aromatic amines is 1. The topological polar surface area (TPSA) is 46.7 Å². The summed E-state index contributed by atoms with van der Waals surface area (Å²) < 4.78 is 17.6. The summed E-state index contributed by atoms with van der Waals surface area (Å²) >= 11 is 0. The first kappa shape index (κ1) is 110. The van der Waals surface area contributed by atoms with Crippen LogP contribution in [0.4, 0.5) is 0 Å². The van der Waals surface area contributed by atoms with Gasteiger partial charge in [0.15, 0.2) is 11.5 Å². The van der Waals surface area contributed by atoms with Crippen LogP contribution in [0.3, 0.4) is 0 Å². The van der Waals surface area contributed by atoms with Crippen molar-refractivity contribution in [2.24, 2.45) is 0 Å². The molecular formula is C143H32N2O3. The van der Waals surface area contributed by atoms with Gasteiger partial charge in [0, 0.05) is 604 Å². The van der Waals surface area contributed by atoms with Crippen LogP contribution in [-0.4, -0.2) is 30.6 Å². The molecule has 1 atom stereocenters. The first-order valence-corrected chi connectivity index (χ1v) is 40.3. The summed E-state index contributed by atoms with van der Waals surface area (Å²) in [4.78, 5) is 6.25. The van der Waals surface area contributed by atoms with E-state index in [1.807, 2.05) is 6.07 Å². The van der Waals surface area contributed by atoms with E-state index >= 15 is 0 Å². The second-order valence-corrected chi connectivity index (χ2v) is 23.4. The Kier molecular flexibility index (Phi) is 61.6. The lowest BCUT2D eigenvalue weighted by Gasteiger charge is -2.40. The Bertz CT molecular complexity index is 9840. The minimum absolute atomic E-state index is 0.327. The summed E-state index contributed by atoms with van der Waals surface area (Å²) in [5.74, 6) is 281. The average molecular weight is 1830 g/mol. The molecule has 6 rings (SSSR count). The zero-order valence-corrected chi connectivity index (χ0v) is 77.1. The number of ether oxygens (including phenoxy) is 3. The fourth-order valence-corrected chi connectivity index (χ4v) is 9.01. The van der Waals surface area contributed by atoms with E-state index in [0.717, 1.165) is 43.2 Å². The number of rotatable bonds is 5. The molecule has 4 aromatic rings. The number of aromatic nitrogens is 1. The second kappa shape index (κ2) is 82.9. The highest BCUT2D eigenvalue weighted by molar-refractivity contribution is 5.87. The molecule has 3 heterocycles. The van der Waals surface area contributed by atoms with Gasteiger partial charge in [-0.25, -0.2) is 0 Å². The van der Waals surface area contributed by atoms with Gasteiger partial charge in [-0.05, 0) is 173 Å². The molecule has 0 fully saturated rings. The van der Waals surface area contributed by atoms with E-state index in [-0.39, 0.29) is 0 Å². The first-order valence-electron chi connectivity index (χ1n) is 40.3. The minimum atomic E-state index is 0.327. The molecule has 5 heteroatoms. The molecule has 5 nitrogen and oxygen atoms in total. The third-order valence-electron chi connectivity index (χ3n) is 14.5. The molecule has 3 aromatic carbocycles. The Balaban J connectivity index is 0.000000929. The molecule has 0 saturated heterocycles. The van der Waals surface area contributed by atoms with Crippen LogP contribution >= 0.6 is 0 Å². The van der Waals surface area contributed by atoms with Gasteiger partial charge < -0.3 is 19.2 Å². The van der Waals surface area contributed by atoms with Crippen LogP contribution in [0.1, 0.15) is 39.6 Å². The number of hydrogen-bond acceptors (Lipinski definition) is 4. The molecule has 0 spiro atoms. The molecule has 0 bridgehead atoms. The van der Waals surface area contributed by atoms with Gasteiger partial charge in [-0.3, -0.25) is 4.90 Å². The number of terminal acetylenes is 2. The summed E-state index contributed by atoms with van der Waals surface area (Å²) in [6.07, 6.45) is 11.9. The molecule has 0 amide bonds. The normalized spacial score (nSPS) is 6.97. The molecule has 2 aliphatic heterocycles. The van der Waals surface area contributed by atoms with Crippen molar-refractivity contribution in [1.82, 2.24) is 9.88 Å². The fourth-order valence-electron chi connectivity index (χ4n) is 9.01. The van der Waals surface area contributed by atoms with Crippen molar-refractivity contribution in [2.75, 3.05) is 20.8 Å². The van der Waals surface area contributed by atoms with Crippen LogP contribution in [-0.2, 0) is 26.0 Å². The van der Waals surface area contributed by atoms with Crippen molar-refractivity contribution in [3.63, 3.8) is 0 Å². The van der Waals surface area contributed by atoms with E-state index < -0.39 is 0 Å². The summed E-state index contributed by atoms with van der Waals surface area (Å²) in [6.45, 7) is 4.63. The third-order valence-corrected chi connectivity index (χ3v) is 14.5. The van der Waals surface area contributed by atoms with Crippen LogP contribution in [0.15, 0.2) is 54.6 Å². The van der Waals surface area contributed by atoms with Gasteiger partial charge in [0.25, 0.3) is 0 Å². The van der Waals surface area contributed by atoms with Crippen LogP contribution in [0, 0.1) is 683 Å². The van der Waals surface area contributed by atoms with Crippen LogP contribution in [0.2, 0.25) is 0 Å². The molecular weight excluding hydrogens is 1790 g/mol. The van der Waals surface area contributed by atoms with E-state index in [2.05, 4.69) is 728 Å². The van der Waals surface area contributed by atoms with Gasteiger partial charge in [0.1, 0.15) is 12.4 Å². The Morgan fingerprint density at radius 2 is 0.486 bits per heavy atom. The Labute approximate surface area is 869 Å². The van der Waals surface area contributed by atoms with Crippen molar-refractivity contribution < 1.29 is 14.2 Å². The van der Waals surface area contributed by atoms with E-state index in [0.29, 0.717) is 12.6 Å². The highest BCUT2D eigenvalue weighted by atomic mass is 16.5. The smallest absolute Gasteiger partial charge is 0.162 e.